The van der Waals surface area contributed by atoms with E-state index in [-0.39, 0.29) is 11.5 Å². The lowest BCUT2D eigenvalue weighted by molar-refractivity contribution is 0.343. The SMILES string of the molecule is CCCNC(CC)c1nnc(C(C)(C)c2ccccc2)o1. The van der Waals surface area contributed by atoms with Gasteiger partial charge in [0, 0.05) is 0 Å². The second-order valence-electron chi connectivity index (χ2n) is 5.85. The second kappa shape index (κ2) is 6.85. The standard InChI is InChI=1S/C17H25N3O/c1-5-12-18-14(6-2)15-19-20-16(21-15)17(3,4)13-10-8-7-9-11-13/h7-11,14,18H,5-6,12H2,1-4H3. The molecule has 0 aliphatic rings. The van der Waals surface area contributed by atoms with E-state index < -0.39 is 0 Å². The van der Waals surface area contributed by atoms with Crippen molar-refractivity contribution < 1.29 is 4.42 Å². The summed E-state index contributed by atoms with van der Waals surface area (Å²) in [5.74, 6) is 1.35. The molecule has 0 aliphatic carbocycles. The maximum Gasteiger partial charge on any atom is 0.233 e. The molecule has 1 unspecified atom stereocenters. The molecule has 2 aromatic rings. The minimum Gasteiger partial charge on any atom is -0.423 e. The summed E-state index contributed by atoms with van der Waals surface area (Å²) in [5.41, 5.74) is 0.894. The van der Waals surface area contributed by atoms with Crippen LogP contribution in [0, 0.1) is 0 Å². The Kier molecular flexibility index (Phi) is 5.12. The molecule has 0 radical (unpaired) electrons. The van der Waals surface area contributed by atoms with Crippen LogP contribution in [0.15, 0.2) is 34.7 Å². The Morgan fingerprint density at radius 3 is 2.48 bits per heavy atom. The van der Waals surface area contributed by atoms with E-state index in [1.807, 2.05) is 18.2 Å². The number of rotatable bonds is 7. The molecule has 0 saturated carbocycles. The minimum atomic E-state index is -0.282. The molecule has 0 saturated heterocycles. The summed E-state index contributed by atoms with van der Waals surface area (Å²) < 4.78 is 5.97. The van der Waals surface area contributed by atoms with E-state index in [2.05, 4.69) is 55.3 Å². The molecular formula is C17H25N3O. The molecule has 1 aromatic heterocycles. The number of nitrogens with one attached hydrogen (secondary N) is 1. The molecule has 1 heterocycles. The van der Waals surface area contributed by atoms with E-state index in [1.165, 1.54) is 5.56 Å². The summed E-state index contributed by atoms with van der Waals surface area (Å²) >= 11 is 0. The van der Waals surface area contributed by atoms with Gasteiger partial charge in [0.1, 0.15) is 0 Å². The predicted molar refractivity (Wildman–Crippen MR) is 84.2 cm³/mol. The van der Waals surface area contributed by atoms with Gasteiger partial charge in [-0.25, -0.2) is 0 Å². The van der Waals surface area contributed by atoms with Crippen LogP contribution in [-0.4, -0.2) is 16.7 Å². The molecule has 1 atom stereocenters. The van der Waals surface area contributed by atoms with Gasteiger partial charge in [0.25, 0.3) is 0 Å². The molecule has 21 heavy (non-hydrogen) atoms. The summed E-state index contributed by atoms with van der Waals surface area (Å²) in [6.45, 7) is 9.45. The lowest BCUT2D eigenvalue weighted by Gasteiger charge is -2.20. The van der Waals surface area contributed by atoms with Gasteiger partial charge < -0.3 is 9.73 Å². The monoisotopic (exact) mass is 287 g/mol. The van der Waals surface area contributed by atoms with Gasteiger partial charge in [-0.1, -0.05) is 44.2 Å². The first-order valence-corrected chi connectivity index (χ1v) is 7.72. The molecule has 0 amide bonds. The topological polar surface area (TPSA) is 51.0 Å². The number of nitrogens with zero attached hydrogens (tertiary/aromatic N) is 2. The highest BCUT2D eigenvalue weighted by atomic mass is 16.4. The van der Waals surface area contributed by atoms with Crippen LogP contribution < -0.4 is 5.32 Å². The maximum atomic E-state index is 5.97. The van der Waals surface area contributed by atoms with Crippen molar-refractivity contribution in [2.75, 3.05) is 6.54 Å². The van der Waals surface area contributed by atoms with Crippen molar-refractivity contribution in [1.82, 2.24) is 15.5 Å². The maximum absolute atomic E-state index is 5.97. The van der Waals surface area contributed by atoms with Crippen molar-refractivity contribution in [1.29, 1.82) is 0 Å². The molecular weight excluding hydrogens is 262 g/mol. The van der Waals surface area contributed by atoms with Gasteiger partial charge in [0.05, 0.1) is 11.5 Å². The van der Waals surface area contributed by atoms with Crippen LogP contribution >= 0.6 is 0 Å². The summed E-state index contributed by atoms with van der Waals surface area (Å²) in [6, 6.07) is 10.4. The highest BCUT2D eigenvalue weighted by Crippen LogP contribution is 2.31. The number of hydrogen-bond donors (Lipinski definition) is 1. The van der Waals surface area contributed by atoms with Crippen molar-refractivity contribution in [2.24, 2.45) is 0 Å². The number of benzene rings is 1. The van der Waals surface area contributed by atoms with E-state index >= 15 is 0 Å². The van der Waals surface area contributed by atoms with Gasteiger partial charge in [-0.05, 0) is 38.8 Å². The van der Waals surface area contributed by atoms with Crippen LogP contribution in [0.3, 0.4) is 0 Å². The normalized spacial score (nSPS) is 13.3. The van der Waals surface area contributed by atoms with E-state index in [0.717, 1.165) is 19.4 Å². The van der Waals surface area contributed by atoms with Gasteiger partial charge in [-0.15, -0.1) is 10.2 Å². The zero-order valence-corrected chi connectivity index (χ0v) is 13.4. The summed E-state index contributed by atoms with van der Waals surface area (Å²) in [6.07, 6.45) is 2.03. The fraction of sp³-hybridized carbons (Fsp3) is 0.529. The molecule has 4 heteroatoms. The fourth-order valence-electron chi connectivity index (χ4n) is 2.33. The molecule has 2 rings (SSSR count). The quantitative estimate of drug-likeness (QED) is 0.840. The molecule has 1 N–H and O–H groups in total. The first-order chi connectivity index (χ1) is 10.1. The smallest absolute Gasteiger partial charge is 0.233 e. The molecule has 0 bridgehead atoms. The average Bonchev–Trinajstić information content (AvgIpc) is 2.99. The molecule has 0 spiro atoms. The van der Waals surface area contributed by atoms with Crippen molar-refractivity contribution in [3.63, 3.8) is 0 Å². The first kappa shape index (κ1) is 15.7. The Morgan fingerprint density at radius 2 is 1.86 bits per heavy atom. The van der Waals surface area contributed by atoms with Crippen molar-refractivity contribution in [3.05, 3.63) is 47.7 Å². The lowest BCUT2D eigenvalue weighted by Crippen LogP contribution is -2.22. The van der Waals surface area contributed by atoms with Crippen LogP contribution in [-0.2, 0) is 5.41 Å². The Bertz CT molecular complexity index is 548. The molecule has 4 nitrogen and oxygen atoms in total. The third-order valence-corrected chi connectivity index (χ3v) is 3.82. The highest BCUT2D eigenvalue weighted by Gasteiger charge is 2.30. The molecule has 0 fully saturated rings. The van der Waals surface area contributed by atoms with E-state index in [0.29, 0.717) is 11.8 Å². The number of hydrogen-bond acceptors (Lipinski definition) is 4. The van der Waals surface area contributed by atoms with Crippen molar-refractivity contribution >= 4 is 0 Å². The lowest BCUT2D eigenvalue weighted by atomic mass is 9.85. The van der Waals surface area contributed by atoms with Gasteiger partial charge in [-0.3, -0.25) is 0 Å². The highest BCUT2D eigenvalue weighted by molar-refractivity contribution is 5.29. The second-order valence-corrected chi connectivity index (χ2v) is 5.85. The van der Waals surface area contributed by atoms with Crippen LogP contribution in [0.1, 0.15) is 63.9 Å². The third-order valence-electron chi connectivity index (χ3n) is 3.82. The van der Waals surface area contributed by atoms with Crippen molar-refractivity contribution in [3.8, 4) is 0 Å². The zero-order chi connectivity index (χ0) is 15.3. The summed E-state index contributed by atoms with van der Waals surface area (Å²) in [4.78, 5) is 0. The summed E-state index contributed by atoms with van der Waals surface area (Å²) in [7, 11) is 0. The van der Waals surface area contributed by atoms with Crippen LogP contribution in [0.2, 0.25) is 0 Å². The largest absolute Gasteiger partial charge is 0.423 e. The van der Waals surface area contributed by atoms with E-state index in [9.17, 15) is 0 Å². The molecule has 114 valence electrons. The minimum absolute atomic E-state index is 0.137. The molecule has 0 aliphatic heterocycles. The van der Waals surface area contributed by atoms with Gasteiger partial charge in [0.2, 0.25) is 11.8 Å². The van der Waals surface area contributed by atoms with Crippen LogP contribution in [0.4, 0.5) is 0 Å². The van der Waals surface area contributed by atoms with Crippen molar-refractivity contribution in [2.45, 2.75) is 52.0 Å². The van der Waals surface area contributed by atoms with E-state index in [1.54, 1.807) is 0 Å². The average molecular weight is 287 g/mol. The predicted octanol–water partition coefficient (Wildman–Crippen LogP) is 3.85. The van der Waals surface area contributed by atoms with Crippen LogP contribution in [0.25, 0.3) is 0 Å². The van der Waals surface area contributed by atoms with Crippen LogP contribution in [0.5, 0.6) is 0 Å². The third kappa shape index (κ3) is 3.50. The number of aromatic nitrogens is 2. The van der Waals surface area contributed by atoms with Gasteiger partial charge in [-0.2, -0.15) is 0 Å². The summed E-state index contributed by atoms with van der Waals surface area (Å²) in [5, 5.41) is 12.0. The Balaban J connectivity index is 2.22. The Labute approximate surface area is 127 Å². The molecule has 1 aromatic carbocycles. The van der Waals surface area contributed by atoms with E-state index in [4.69, 9.17) is 4.42 Å². The van der Waals surface area contributed by atoms with Gasteiger partial charge >= 0.3 is 0 Å². The zero-order valence-electron chi connectivity index (χ0n) is 13.4. The van der Waals surface area contributed by atoms with Gasteiger partial charge in [0.15, 0.2) is 0 Å². The first-order valence-electron chi connectivity index (χ1n) is 7.72. The Hall–Kier alpha value is -1.68. The fourth-order valence-corrected chi connectivity index (χ4v) is 2.33. The Morgan fingerprint density at radius 1 is 1.14 bits per heavy atom.